The van der Waals surface area contributed by atoms with Gasteiger partial charge < -0.3 is 15.4 Å². The van der Waals surface area contributed by atoms with Crippen LogP contribution in [-0.2, 0) is 14.8 Å². The summed E-state index contributed by atoms with van der Waals surface area (Å²) in [7, 11) is -3.23. The fourth-order valence-electron chi connectivity index (χ4n) is 4.77. The molecule has 0 aromatic carbocycles. The molecule has 1 aromatic rings. The summed E-state index contributed by atoms with van der Waals surface area (Å²) in [6.07, 6.45) is 13.4. The number of anilines is 1. The predicted octanol–water partition coefficient (Wildman–Crippen LogP) is 2.78. The van der Waals surface area contributed by atoms with Crippen molar-refractivity contribution in [2.24, 2.45) is 4.99 Å². The molecular weight excluding hydrogens is 478 g/mol. The SMILES string of the molecule is N#C/N=C(\NCCCCCCN(CCCN1CCOCC1)S(=O)(=O)C1CCCC1)Nc1ccncc1. The smallest absolute Gasteiger partial charge is 0.216 e. The molecule has 0 atom stereocenters. The number of morpholine rings is 1. The van der Waals surface area contributed by atoms with Gasteiger partial charge in [-0.25, -0.2) is 12.7 Å². The maximum atomic E-state index is 13.3. The average molecular weight is 520 g/mol. The van der Waals surface area contributed by atoms with Crippen molar-refractivity contribution in [1.29, 1.82) is 5.26 Å². The third-order valence-electron chi connectivity index (χ3n) is 6.80. The molecule has 1 aliphatic carbocycles. The summed E-state index contributed by atoms with van der Waals surface area (Å²) in [6, 6.07) is 3.61. The Morgan fingerprint density at radius 2 is 1.81 bits per heavy atom. The average Bonchev–Trinajstić information content (AvgIpc) is 3.44. The van der Waals surface area contributed by atoms with Crippen LogP contribution in [-0.4, -0.2) is 86.3 Å². The molecule has 0 radical (unpaired) electrons. The first-order valence-electron chi connectivity index (χ1n) is 13.3. The van der Waals surface area contributed by atoms with Crippen molar-refractivity contribution in [1.82, 2.24) is 19.5 Å². The first-order valence-corrected chi connectivity index (χ1v) is 14.8. The number of unbranched alkanes of at least 4 members (excludes halogenated alkanes) is 3. The molecular formula is C25H41N7O3S. The molecule has 1 aromatic heterocycles. The highest BCUT2D eigenvalue weighted by Gasteiger charge is 2.33. The maximum Gasteiger partial charge on any atom is 0.216 e. The molecule has 2 N–H and O–H groups in total. The number of pyridine rings is 1. The Morgan fingerprint density at radius 3 is 2.53 bits per heavy atom. The number of hydrogen-bond donors (Lipinski definition) is 2. The highest BCUT2D eigenvalue weighted by atomic mass is 32.2. The van der Waals surface area contributed by atoms with Crippen molar-refractivity contribution in [3.8, 4) is 6.19 Å². The van der Waals surface area contributed by atoms with Gasteiger partial charge in [0.15, 0.2) is 0 Å². The van der Waals surface area contributed by atoms with Gasteiger partial charge in [0.05, 0.1) is 18.5 Å². The van der Waals surface area contributed by atoms with Gasteiger partial charge in [0.2, 0.25) is 22.2 Å². The molecule has 1 aliphatic heterocycles. The van der Waals surface area contributed by atoms with Crippen LogP contribution in [0.5, 0.6) is 0 Å². The first-order chi connectivity index (χ1) is 17.6. The summed E-state index contributed by atoms with van der Waals surface area (Å²) >= 11 is 0. The van der Waals surface area contributed by atoms with E-state index in [2.05, 4.69) is 25.5 Å². The van der Waals surface area contributed by atoms with Crippen LogP contribution in [0.4, 0.5) is 5.69 Å². The largest absolute Gasteiger partial charge is 0.379 e. The Morgan fingerprint density at radius 1 is 1.11 bits per heavy atom. The van der Waals surface area contributed by atoms with Crippen LogP contribution >= 0.6 is 0 Å². The highest BCUT2D eigenvalue weighted by Crippen LogP contribution is 2.27. The van der Waals surface area contributed by atoms with Gasteiger partial charge in [0, 0.05) is 50.8 Å². The van der Waals surface area contributed by atoms with Gasteiger partial charge in [-0.2, -0.15) is 5.26 Å². The summed E-state index contributed by atoms with van der Waals surface area (Å²) in [5.41, 5.74) is 0.809. The van der Waals surface area contributed by atoms with Crippen LogP contribution in [0.3, 0.4) is 0 Å². The van der Waals surface area contributed by atoms with Gasteiger partial charge in [-0.3, -0.25) is 9.88 Å². The van der Waals surface area contributed by atoms with E-state index in [0.29, 0.717) is 25.6 Å². The maximum absolute atomic E-state index is 13.3. The monoisotopic (exact) mass is 519 g/mol. The van der Waals surface area contributed by atoms with E-state index in [1.807, 2.05) is 6.19 Å². The highest BCUT2D eigenvalue weighted by molar-refractivity contribution is 7.89. The molecule has 1 saturated heterocycles. The summed E-state index contributed by atoms with van der Waals surface area (Å²) in [6.45, 7) is 6.20. The second-order valence-electron chi connectivity index (χ2n) is 9.42. The fourth-order valence-corrected chi connectivity index (χ4v) is 6.88. The van der Waals surface area contributed by atoms with Crippen molar-refractivity contribution in [3.63, 3.8) is 0 Å². The number of nitrogens with one attached hydrogen (secondary N) is 2. The summed E-state index contributed by atoms with van der Waals surface area (Å²) in [5, 5.41) is 15.0. The molecule has 2 fully saturated rings. The lowest BCUT2D eigenvalue weighted by atomic mass is 10.2. The van der Waals surface area contributed by atoms with Gasteiger partial charge in [-0.1, -0.05) is 25.7 Å². The lowest BCUT2D eigenvalue weighted by Crippen LogP contribution is -2.41. The van der Waals surface area contributed by atoms with Crippen LogP contribution in [0.1, 0.15) is 57.8 Å². The van der Waals surface area contributed by atoms with Crippen molar-refractivity contribution in [3.05, 3.63) is 24.5 Å². The number of nitrogens with zero attached hydrogens (tertiary/aromatic N) is 5. The molecule has 0 amide bonds. The van der Waals surface area contributed by atoms with Gasteiger partial charge in [0.25, 0.3) is 0 Å². The number of aliphatic imine (C=N–C) groups is 1. The zero-order valence-corrected chi connectivity index (χ0v) is 22.1. The van der Waals surface area contributed by atoms with Gasteiger partial charge >= 0.3 is 0 Å². The van der Waals surface area contributed by atoms with E-state index in [4.69, 9.17) is 10.00 Å². The standard InChI is InChI=1S/C25H41N7O3S/c26-22-29-25(30-23-10-13-27-14-11-23)28-12-5-1-2-6-16-32(36(33,34)24-8-3-4-9-24)17-7-15-31-18-20-35-21-19-31/h10-11,13-14,24H,1-9,12,15-21H2,(H2,27,28,29,30). The van der Waals surface area contributed by atoms with Crippen LogP contribution < -0.4 is 10.6 Å². The number of nitriles is 1. The Labute approximate surface area is 216 Å². The number of hydrogen-bond acceptors (Lipinski definition) is 7. The first kappa shape index (κ1) is 28.3. The number of aromatic nitrogens is 1. The van der Waals surface area contributed by atoms with Crippen LogP contribution in [0.2, 0.25) is 0 Å². The Hall–Kier alpha value is -2.26. The van der Waals surface area contributed by atoms with E-state index in [1.165, 1.54) is 0 Å². The van der Waals surface area contributed by atoms with Crippen LogP contribution in [0.15, 0.2) is 29.5 Å². The summed E-state index contributed by atoms with van der Waals surface area (Å²) in [5.74, 6) is 0.415. The Balaban J connectivity index is 1.38. The quantitative estimate of drug-likeness (QED) is 0.166. The minimum atomic E-state index is -3.23. The summed E-state index contributed by atoms with van der Waals surface area (Å²) in [4.78, 5) is 10.1. The molecule has 0 spiro atoms. The van der Waals surface area contributed by atoms with Gasteiger partial charge in [-0.15, -0.1) is 4.99 Å². The molecule has 36 heavy (non-hydrogen) atoms. The molecule has 3 rings (SSSR count). The van der Waals surface area contributed by atoms with Crippen molar-refractivity contribution in [2.75, 3.05) is 57.8 Å². The van der Waals surface area contributed by atoms with Gasteiger partial charge in [0.1, 0.15) is 0 Å². The molecule has 1 saturated carbocycles. The molecule has 200 valence electrons. The molecule has 2 heterocycles. The van der Waals surface area contributed by atoms with E-state index < -0.39 is 10.0 Å². The number of ether oxygens (including phenoxy) is 1. The Bertz CT molecular complexity index is 925. The number of rotatable bonds is 14. The van der Waals surface area contributed by atoms with E-state index in [9.17, 15) is 8.42 Å². The Kier molecular flexibility index (Phi) is 12.4. The topological polar surface area (TPSA) is 123 Å². The van der Waals surface area contributed by atoms with E-state index in [0.717, 1.165) is 96.3 Å². The van der Waals surface area contributed by atoms with E-state index in [1.54, 1.807) is 28.8 Å². The second kappa shape index (κ2) is 15.8. The zero-order valence-electron chi connectivity index (χ0n) is 21.3. The van der Waals surface area contributed by atoms with E-state index >= 15 is 0 Å². The summed E-state index contributed by atoms with van der Waals surface area (Å²) < 4.78 is 33.8. The van der Waals surface area contributed by atoms with Crippen LogP contribution in [0, 0.1) is 11.5 Å². The molecule has 11 heteroatoms. The lowest BCUT2D eigenvalue weighted by molar-refractivity contribution is 0.0369. The second-order valence-corrected chi connectivity index (χ2v) is 11.6. The van der Waals surface area contributed by atoms with Crippen LogP contribution in [0.25, 0.3) is 0 Å². The molecule has 2 aliphatic rings. The third kappa shape index (κ3) is 9.65. The minimum Gasteiger partial charge on any atom is -0.379 e. The van der Waals surface area contributed by atoms with E-state index in [-0.39, 0.29) is 5.25 Å². The predicted molar refractivity (Wildman–Crippen MR) is 142 cm³/mol. The van der Waals surface area contributed by atoms with Crippen molar-refractivity contribution >= 4 is 21.7 Å². The zero-order chi connectivity index (χ0) is 25.5. The minimum absolute atomic E-state index is 0.198. The van der Waals surface area contributed by atoms with Crippen molar-refractivity contribution in [2.45, 2.75) is 63.0 Å². The number of guanidine groups is 1. The molecule has 0 unspecified atom stereocenters. The third-order valence-corrected chi connectivity index (χ3v) is 9.20. The van der Waals surface area contributed by atoms with Gasteiger partial charge in [-0.05, 0) is 50.8 Å². The van der Waals surface area contributed by atoms with Crippen molar-refractivity contribution < 1.29 is 13.2 Å². The normalized spacial score (nSPS) is 17.8. The lowest BCUT2D eigenvalue weighted by Gasteiger charge is -2.29. The molecule has 10 nitrogen and oxygen atoms in total. The fraction of sp³-hybridized carbons (Fsp3) is 0.720. The molecule has 0 bridgehead atoms. The number of sulfonamides is 1.